The van der Waals surface area contributed by atoms with Gasteiger partial charge in [-0.15, -0.1) is 0 Å². The summed E-state index contributed by atoms with van der Waals surface area (Å²) in [6.07, 6.45) is 0.929. The van der Waals surface area contributed by atoms with E-state index in [2.05, 4.69) is 12.2 Å². The standard InChI is InChI=1S/C16H18N2O3S/c1-2-12-3-7-14(8-4-12)16(19)18-11-13-5-9-15(10-6-13)22(17,20)21/h3-10H,2,11H2,1H3,(H,18,19)(H2,17,20,21). The summed E-state index contributed by atoms with van der Waals surface area (Å²) in [5.41, 5.74) is 2.57. The Labute approximate surface area is 130 Å². The Morgan fingerprint density at radius 1 is 1.00 bits per heavy atom. The smallest absolute Gasteiger partial charge is 0.251 e. The number of nitrogens with one attached hydrogen (secondary N) is 1. The normalized spacial score (nSPS) is 11.2. The van der Waals surface area contributed by atoms with E-state index in [1.165, 1.54) is 17.7 Å². The zero-order chi connectivity index (χ0) is 16.2. The van der Waals surface area contributed by atoms with Gasteiger partial charge >= 0.3 is 0 Å². The van der Waals surface area contributed by atoms with Crippen molar-refractivity contribution in [3.63, 3.8) is 0 Å². The first-order valence-corrected chi connectivity index (χ1v) is 8.43. The highest BCUT2D eigenvalue weighted by atomic mass is 32.2. The highest BCUT2D eigenvalue weighted by molar-refractivity contribution is 7.89. The van der Waals surface area contributed by atoms with E-state index >= 15 is 0 Å². The van der Waals surface area contributed by atoms with E-state index in [1.807, 2.05) is 12.1 Å². The number of hydrogen-bond acceptors (Lipinski definition) is 3. The van der Waals surface area contributed by atoms with Crippen LogP contribution in [0.25, 0.3) is 0 Å². The van der Waals surface area contributed by atoms with Crippen LogP contribution in [-0.4, -0.2) is 14.3 Å². The minimum atomic E-state index is -3.69. The maximum atomic E-state index is 12.0. The van der Waals surface area contributed by atoms with Gasteiger partial charge in [0.05, 0.1) is 4.90 Å². The van der Waals surface area contributed by atoms with Crippen LogP contribution in [-0.2, 0) is 23.0 Å². The number of hydrogen-bond donors (Lipinski definition) is 2. The Kier molecular flexibility index (Phi) is 4.95. The topological polar surface area (TPSA) is 89.3 Å². The van der Waals surface area contributed by atoms with Crippen molar-refractivity contribution < 1.29 is 13.2 Å². The molecule has 0 saturated heterocycles. The molecule has 0 aliphatic heterocycles. The molecule has 3 N–H and O–H groups in total. The number of aryl methyl sites for hydroxylation is 1. The third-order valence-corrected chi connectivity index (χ3v) is 4.26. The molecular formula is C16H18N2O3S. The monoisotopic (exact) mass is 318 g/mol. The zero-order valence-corrected chi connectivity index (χ0v) is 13.1. The Bertz CT molecular complexity index is 751. The van der Waals surface area contributed by atoms with Crippen molar-refractivity contribution in [2.24, 2.45) is 5.14 Å². The van der Waals surface area contributed by atoms with Crippen molar-refractivity contribution in [2.75, 3.05) is 0 Å². The fourth-order valence-electron chi connectivity index (χ4n) is 1.97. The van der Waals surface area contributed by atoms with Crippen LogP contribution in [0.2, 0.25) is 0 Å². The molecule has 0 aromatic heterocycles. The molecule has 2 aromatic carbocycles. The van der Waals surface area contributed by atoms with Crippen LogP contribution in [0, 0.1) is 0 Å². The van der Waals surface area contributed by atoms with E-state index in [9.17, 15) is 13.2 Å². The second-order valence-electron chi connectivity index (χ2n) is 4.92. The largest absolute Gasteiger partial charge is 0.348 e. The summed E-state index contributed by atoms with van der Waals surface area (Å²) in [5.74, 6) is -0.168. The van der Waals surface area contributed by atoms with Crippen LogP contribution in [0.4, 0.5) is 0 Å². The van der Waals surface area contributed by atoms with Crippen molar-refractivity contribution in [1.29, 1.82) is 0 Å². The quantitative estimate of drug-likeness (QED) is 0.881. The highest BCUT2D eigenvalue weighted by Crippen LogP contribution is 2.09. The van der Waals surface area contributed by atoms with Gasteiger partial charge in [-0.3, -0.25) is 4.79 Å². The molecule has 2 rings (SSSR count). The highest BCUT2D eigenvalue weighted by Gasteiger charge is 2.08. The lowest BCUT2D eigenvalue weighted by atomic mass is 10.1. The van der Waals surface area contributed by atoms with Crippen molar-refractivity contribution >= 4 is 15.9 Å². The number of rotatable bonds is 5. The number of nitrogens with two attached hydrogens (primary N) is 1. The van der Waals surface area contributed by atoms with Crippen molar-refractivity contribution in [1.82, 2.24) is 5.32 Å². The molecule has 5 nitrogen and oxygen atoms in total. The molecular weight excluding hydrogens is 300 g/mol. The maximum absolute atomic E-state index is 12.0. The van der Waals surface area contributed by atoms with Gasteiger partial charge in [-0.1, -0.05) is 31.2 Å². The molecule has 22 heavy (non-hydrogen) atoms. The summed E-state index contributed by atoms with van der Waals surface area (Å²) in [4.78, 5) is 12.1. The lowest BCUT2D eigenvalue weighted by Gasteiger charge is -2.07. The fraction of sp³-hybridized carbons (Fsp3) is 0.188. The van der Waals surface area contributed by atoms with Crippen molar-refractivity contribution in [3.8, 4) is 0 Å². The van der Waals surface area contributed by atoms with E-state index in [0.717, 1.165) is 12.0 Å². The van der Waals surface area contributed by atoms with Crippen LogP contribution < -0.4 is 10.5 Å². The predicted molar refractivity (Wildman–Crippen MR) is 84.8 cm³/mol. The van der Waals surface area contributed by atoms with Crippen LogP contribution in [0.5, 0.6) is 0 Å². The minimum absolute atomic E-state index is 0.0535. The van der Waals surface area contributed by atoms with E-state index < -0.39 is 10.0 Å². The minimum Gasteiger partial charge on any atom is -0.348 e. The summed E-state index contributed by atoms with van der Waals surface area (Å²) < 4.78 is 22.3. The Balaban J connectivity index is 1.98. The second-order valence-corrected chi connectivity index (χ2v) is 6.48. The molecule has 0 radical (unpaired) electrons. The van der Waals surface area contributed by atoms with Gasteiger partial charge in [-0.25, -0.2) is 13.6 Å². The number of amides is 1. The predicted octanol–water partition coefficient (Wildman–Crippen LogP) is 1.83. The zero-order valence-electron chi connectivity index (χ0n) is 12.2. The van der Waals surface area contributed by atoms with Crippen LogP contribution in [0.3, 0.4) is 0 Å². The molecule has 6 heteroatoms. The molecule has 0 spiro atoms. The Morgan fingerprint density at radius 3 is 2.05 bits per heavy atom. The third-order valence-electron chi connectivity index (χ3n) is 3.33. The van der Waals surface area contributed by atoms with Gasteiger partial charge in [0, 0.05) is 12.1 Å². The first-order chi connectivity index (χ1) is 10.4. The van der Waals surface area contributed by atoms with Gasteiger partial charge < -0.3 is 5.32 Å². The Hall–Kier alpha value is -2.18. The summed E-state index contributed by atoms with van der Waals surface area (Å²) in [7, 11) is -3.69. The third kappa shape index (κ3) is 4.16. The van der Waals surface area contributed by atoms with Crippen molar-refractivity contribution in [3.05, 3.63) is 65.2 Å². The van der Waals surface area contributed by atoms with E-state index in [1.54, 1.807) is 24.3 Å². The summed E-state index contributed by atoms with van der Waals surface area (Å²) >= 11 is 0. The molecule has 116 valence electrons. The summed E-state index contributed by atoms with van der Waals surface area (Å²) in [6, 6.07) is 13.5. The first-order valence-electron chi connectivity index (χ1n) is 6.89. The lowest BCUT2D eigenvalue weighted by molar-refractivity contribution is 0.0951. The first kappa shape index (κ1) is 16.2. The van der Waals surface area contributed by atoms with Crippen LogP contribution in [0.1, 0.15) is 28.4 Å². The SMILES string of the molecule is CCc1ccc(C(=O)NCc2ccc(S(N)(=O)=O)cc2)cc1. The fourth-order valence-corrected chi connectivity index (χ4v) is 2.49. The number of primary sulfonamides is 1. The summed E-state index contributed by atoms with van der Waals surface area (Å²) in [6.45, 7) is 2.37. The Morgan fingerprint density at radius 2 is 1.55 bits per heavy atom. The maximum Gasteiger partial charge on any atom is 0.251 e. The number of benzene rings is 2. The van der Waals surface area contributed by atoms with E-state index in [4.69, 9.17) is 5.14 Å². The number of carbonyl (C=O) groups excluding carboxylic acids is 1. The van der Waals surface area contributed by atoms with Gasteiger partial charge in [0.15, 0.2) is 0 Å². The molecule has 0 fully saturated rings. The number of sulfonamides is 1. The molecule has 0 bridgehead atoms. The van der Waals surface area contributed by atoms with Gasteiger partial charge in [0.25, 0.3) is 5.91 Å². The van der Waals surface area contributed by atoms with Gasteiger partial charge in [0.2, 0.25) is 10.0 Å². The molecule has 0 saturated carbocycles. The summed E-state index contributed by atoms with van der Waals surface area (Å²) in [5, 5.41) is 7.82. The number of carbonyl (C=O) groups is 1. The molecule has 0 heterocycles. The van der Waals surface area contributed by atoms with Crippen molar-refractivity contribution in [2.45, 2.75) is 24.8 Å². The van der Waals surface area contributed by atoms with E-state index in [0.29, 0.717) is 12.1 Å². The molecule has 0 atom stereocenters. The molecule has 0 aliphatic carbocycles. The molecule has 1 amide bonds. The molecule has 0 aliphatic rings. The van der Waals surface area contributed by atoms with Crippen LogP contribution >= 0.6 is 0 Å². The van der Waals surface area contributed by atoms with Crippen LogP contribution in [0.15, 0.2) is 53.4 Å². The average molecular weight is 318 g/mol. The average Bonchev–Trinajstić information content (AvgIpc) is 2.52. The molecule has 0 unspecified atom stereocenters. The lowest BCUT2D eigenvalue weighted by Crippen LogP contribution is -2.22. The van der Waals surface area contributed by atoms with Gasteiger partial charge in [-0.2, -0.15) is 0 Å². The molecule has 2 aromatic rings. The second kappa shape index (κ2) is 6.72. The van der Waals surface area contributed by atoms with E-state index in [-0.39, 0.29) is 10.8 Å². The van der Waals surface area contributed by atoms with Gasteiger partial charge in [0.1, 0.15) is 0 Å². The van der Waals surface area contributed by atoms with Gasteiger partial charge in [-0.05, 0) is 41.8 Å².